The third-order valence-corrected chi connectivity index (χ3v) is 6.09. The fourth-order valence-electron chi connectivity index (χ4n) is 4.04. The maximum absolute atomic E-state index is 5.77. The minimum absolute atomic E-state index is 0.302. The Hall–Kier alpha value is -1.63. The number of guanidine groups is 1. The van der Waals surface area contributed by atoms with Crippen LogP contribution in [0.1, 0.15) is 57.1 Å². The Balaban J connectivity index is 1.62. The molecule has 2 aliphatic rings. The van der Waals surface area contributed by atoms with Gasteiger partial charge in [-0.1, -0.05) is 19.8 Å². The van der Waals surface area contributed by atoms with Crippen LogP contribution in [0.25, 0.3) is 0 Å². The predicted molar refractivity (Wildman–Crippen MR) is 108 cm³/mol. The molecule has 0 spiro atoms. The summed E-state index contributed by atoms with van der Waals surface area (Å²) >= 11 is 0. The van der Waals surface area contributed by atoms with Gasteiger partial charge in [-0.15, -0.1) is 10.2 Å². The second-order valence-electron chi connectivity index (χ2n) is 8.38. The van der Waals surface area contributed by atoms with Crippen LogP contribution in [0.15, 0.2) is 4.99 Å². The molecule has 152 valence electrons. The van der Waals surface area contributed by atoms with Crippen LogP contribution in [-0.4, -0.2) is 58.5 Å². The molecule has 0 amide bonds. The summed E-state index contributed by atoms with van der Waals surface area (Å²) in [5, 5.41) is 11.9. The quantitative estimate of drug-likeness (QED) is 0.610. The van der Waals surface area contributed by atoms with E-state index in [-0.39, 0.29) is 0 Å². The zero-order valence-electron chi connectivity index (χ0n) is 17.4. The van der Waals surface area contributed by atoms with Crippen molar-refractivity contribution >= 4 is 5.96 Å². The molecule has 1 unspecified atom stereocenters. The topological polar surface area (TPSA) is 67.6 Å². The second kappa shape index (κ2) is 9.53. The Bertz CT molecular complexity index is 614. The van der Waals surface area contributed by atoms with Crippen molar-refractivity contribution in [3.63, 3.8) is 0 Å². The van der Waals surface area contributed by atoms with Gasteiger partial charge in [-0.3, -0.25) is 0 Å². The molecule has 1 aromatic rings. The van der Waals surface area contributed by atoms with Crippen molar-refractivity contribution in [3.05, 3.63) is 11.6 Å². The molecule has 1 N–H and O–H groups in total. The number of aromatic nitrogens is 3. The van der Waals surface area contributed by atoms with Gasteiger partial charge in [0.1, 0.15) is 12.4 Å². The van der Waals surface area contributed by atoms with E-state index in [1.54, 1.807) is 0 Å². The van der Waals surface area contributed by atoms with E-state index in [1.165, 1.54) is 25.7 Å². The van der Waals surface area contributed by atoms with Crippen molar-refractivity contribution < 1.29 is 4.74 Å². The molecule has 2 fully saturated rings. The second-order valence-corrected chi connectivity index (χ2v) is 8.38. The molecule has 7 heteroatoms. The molecule has 1 aliphatic heterocycles. The minimum Gasteiger partial charge on any atom is -0.376 e. The van der Waals surface area contributed by atoms with Crippen LogP contribution in [0.3, 0.4) is 0 Å². The van der Waals surface area contributed by atoms with E-state index in [2.05, 4.69) is 34.4 Å². The first-order valence-corrected chi connectivity index (χ1v) is 10.5. The molecule has 2 heterocycles. The highest BCUT2D eigenvalue weighted by Crippen LogP contribution is 2.28. The molecular weight excluding hydrogens is 340 g/mol. The van der Waals surface area contributed by atoms with Gasteiger partial charge in [0.05, 0.1) is 6.10 Å². The van der Waals surface area contributed by atoms with E-state index < -0.39 is 0 Å². The van der Waals surface area contributed by atoms with E-state index in [0.717, 1.165) is 62.0 Å². The van der Waals surface area contributed by atoms with Crippen LogP contribution in [0.2, 0.25) is 0 Å². The lowest BCUT2D eigenvalue weighted by Crippen LogP contribution is -2.44. The summed E-state index contributed by atoms with van der Waals surface area (Å²) in [5.41, 5.74) is 0. The van der Waals surface area contributed by atoms with E-state index in [1.807, 2.05) is 18.5 Å². The molecule has 1 aromatic heterocycles. The van der Waals surface area contributed by atoms with Crippen LogP contribution in [0.4, 0.5) is 0 Å². The van der Waals surface area contributed by atoms with Crippen molar-refractivity contribution in [2.24, 2.45) is 23.9 Å². The van der Waals surface area contributed by atoms with Gasteiger partial charge in [0, 0.05) is 33.8 Å². The van der Waals surface area contributed by atoms with Crippen molar-refractivity contribution in [1.82, 2.24) is 25.0 Å². The van der Waals surface area contributed by atoms with Gasteiger partial charge in [0.2, 0.25) is 0 Å². The molecule has 3 rings (SSSR count). The van der Waals surface area contributed by atoms with Gasteiger partial charge < -0.3 is 19.5 Å². The summed E-state index contributed by atoms with van der Waals surface area (Å²) < 4.78 is 7.77. The highest BCUT2D eigenvalue weighted by atomic mass is 16.5. The summed E-state index contributed by atoms with van der Waals surface area (Å²) in [5.74, 6) is 4.40. The lowest BCUT2D eigenvalue weighted by molar-refractivity contribution is 0.113. The number of aryl methyl sites for hydroxylation is 1. The Morgan fingerprint density at radius 3 is 2.67 bits per heavy atom. The highest BCUT2D eigenvalue weighted by molar-refractivity contribution is 5.79. The van der Waals surface area contributed by atoms with Gasteiger partial charge in [0.25, 0.3) is 0 Å². The molecule has 0 aromatic carbocycles. The fourth-order valence-corrected chi connectivity index (χ4v) is 4.04. The number of hydrogen-bond acceptors (Lipinski definition) is 4. The summed E-state index contributed by atoms with van der Waals surface area (Å²) in [6, 6.07) is 0. The van der Waals surface area contributed by atoms with Gasteiger partial charge in [-0.25, -0.2) is 4.99 Å². The fraction of sp³-hybridized carbons (Fsp3) is 0.850. The average molecular weight is 377 g/mol. The Morgan fingerprint density at radius 2 is 2.04 bits per heavy atom. The summed E-state index contributed by atoms with van der Waals surface area (Å²) in [7, 11) is 4.15. The number of nitrogens with zero attached hydrogens (tertiary/aromatic N) is 5. The van der Waals surface area contributed by atoms with Gasteiger partial charge in [-0.2, -0.15) is 0 Å². The maximum Gasteiger partial charge on any atom is 0.194 e. The predicted octanol–water partition coefficient (Wildman–Crippen LogP) is 2.51. The number of nitrogens with one attached hydrogen (secondary N) is 1. The third kappa shape index (κ3) is 5.67. The Kier molecular flexibility index (Phi) is 7.10. The van der Waals surface area contributed by atoms with Crippen LogP contribution < -0.4 is 5.32 Å². The van der Waals surface area contributed by atoms with Crippen molar-refractivity contribution in [1.29, 1.82) is 0 Å². The molecule has 7 nitrogen and oxygen atoms in total. The highest BCUT2D eigenvalue weighted by Gasteiger charge is 2.22. The summed E-state index contributed by atoms with van der Waals surface area (Å²) in [6.45, 7) is 7.64. The maximum atomic E-state index is 5.77. The van der Waals surface area contributed by atoms with Crippen molar-refractivity contribution in [2.45, 2.75) is 65.0 Å². The minimum atomic E-state index is 0.302. The average Bonchev–Trinajstić information content (AvgIpc) is 3.28. The van der Waals surface area contributed by atoms with E-state index >= 15 is 0 Å². The van der Waals surface area contributed by atoms with Gasteiger partial charge >= 0.3 is 0 Å². The van der Waals surface area contributed by atoms with Crippen molar-refractivity contribution in [3.8, 4) is 0 Å². The Morgan fingerprint density at radius 1 is 1.26 bits per heavy atom. The Labute approximate surface area is 163 Å². The normalized spacial score (nSPS) is 26.4. The van der Waals surface area contributed by atoms with Crippen LogP contribution in [-0.2, 0) is 18.3 Å². The van der Waals surface area contributed by atoms with Gasteiger partial charge in [0.15, 0.2) is 11.8 Å². The number of rotatable bonds is 6. The van der Waals surface area contributed by atoms with Gasteiger partial charge in [-0.05, 0) is 44.4 Å². The lowest BCUT2D eigenvalue weighted by atomic mass is 9.83. The zero-order chi connectivity index (χ0) is 19.2. The first-order chi connectivity index (χ1) is 13.0. The zero-order valence-corrected chi connectivity index (χ0v) is 17.4. The largest absolute Gasteiger partial charge is 0.376 e. The van der Waals surface area contributed by atoms with E-state index in [9.17, 15) is 0 Å². The smallest absolute Gasteiger partial charge is 0.194 e. The van der Waals surface area contributed by atoms with E-state index in [4.69, 9.17) is 9.73 Å². The molecule has 1 aliphatic carbocycles. The molecule has 0 radical (unpaired) electrons. The SMILES string of the molecule is Cc1nnc(CN=C(NCC2CCCO2)N(C)CC2CCC(C)CC2)n1C. The van der Waals surface area contributed by atoms with E-state index in [0.29, 0.717) is 12.6 Å². The third-order valence-electron chi connectivity index (χ3n) is 6.09. The van der Waals surface area contributed by atoms with Crippen LogP contribution in [0, 0.1) is 18.8 Å². The first-order valence-electron chi connectivity index (χ1n) is 10.5. The first kappa shape index (κ1) is 20.1. The molecule has 1 atom stereocenters. The molecule has 0 bridgehead atoms. The monoisotopic (exact) mass is 376 g/mol. The summed E-state index contributed by atoms with van der Waals surface area (Å²) in [4.78, 5) is 7.15. The van der Waals surface area contributed by atoms with Crippen LogP contribution >= 0.6 is 0 Å². The summed E-state index contributed by atoms with van der Waals surface area (Å²) in [6.07, 6.45) is 7.95. The molecular formula is C20H36N6O. The number of ether oxygens (including phenoxy) is 1. The lowest BCUT2D eigenvalue weighted by Gasteiger charge is -2.31. The number of aliphatic imine (C=N–C) groups is 1. The van der Waals surface area contributed by atoms with Crippen LogP contribution in [0.5, 0.6) is 0 Å². The van der Waals surface area contributed by atoms with Crippen molar-refractivity contribution in [2.75, 3.05) is 26.7 Å². The standard InChI is InChI=1S/C20H36N6O/c1-15-7-9-17(10-8-15)14-25(3)20(21-12-18-6-5-11-27-18)22-13-19-24-23-16(2)26(19)4/h15,17-18H,5-14H2,1-4H3,(H,21,22). The molecule has 27 heavy (non-hydrogen) atoms. The number of hydrogen-bond donors (Lipinski definition) is 1. The molecule has 1 saturated carbocycles. The molecule has 1 saturated heterocycles.